The first-order valence-corrected chi connectivity index (χ1v) is 12.9. The van der Waals surface area contributed by atoms with E-state index in [-0.39, 0.29) is 0 Å². The van der Waals surface area contributed by atoms with E-state index in [0.717, 1.165) is 75.8 Å². The van der Waals surface area contributed by atoms with E-state index >= 15 is 0 Å². The average Bonchev–Trinajstić information content (AvgIpc) is 3.01. The number of rotatable bonds is 7. The van der Waals surface area contributed by atoms with Crippen molar-refractivity contribution in [3.8, 4) is 0 Å². The molecule has 2 aliphatic rings. The molecule has 0 aromatic heterocycles. The molecule has 1 saturated heterocycles. The Labute approximate surface area is 190 Å². The van der Waals surface area contributed by atoms with E-state index < -0.39 is 10.0 Å². The van der Waals surface area contributed by atoms with E-state index in [1.807, 2.05) is 24.3 Å². The molecule has 0 amide bonds. The quantitative estimate of drug-likeness (QED) is 0.660. The standard InChI is InChI=1S/C23H31ClN4O2S/c24-22-4-1-19(2-5-22)18-28-15-13-27(14-16-28)12-11-26-31(29,30)23-6-3-20-7-9-25-10-8-21(20)17-23/h1-6,17,25-26H,7-16,18H2. The van der Waals surface area contributed by atoms with Gasteiger partial charge in [-0.3, -0.25) is 9.80 Å². The maximum atomic E-state index is 12.8. The van der Waals surface area contributed by atoms with Crippen molar-refractivity contribution in [2.45, 2.75) is 24.3 Å². The van der Waals surface area contributed by atoms with Crippen molar-refractivity contribution < 1.29 is 8.42 Å². The van der Waals surface area contributed by atoms with Crippen LogP contribution < -0.4 is 10.0 Å². The third-order valence-corrected chi connectivity index (χ3v) is 7.85. The van der Waals surface area contributed by atoms with Crippen molar-refractivity contribution in [3.63, 3.8) is 0 Å². The largest absolute Gasteiger partial charge is 0.316 e. The van der Waals surface area contributed by atoms with Gasteiger partial charge in [0, 0.05) is 50.8 Å². The molecular weight excluding hydrogens is 432 g/mol. The van der Waals surface area contributed by atoms with Gasteiger partial charge in [0.1, 0.15) is 0 Å². The minimum atomic E-state index is -3.48. The predicted octanol–water partition coefficient (Wildman–Crippen LogP) is 2.12. The van der Waals surface area contributed by atoms with Gasteiger partial charge < -0.3 is 5.32 Å². The molecule has 2 aromatic carbocycles. The lowest BCUT2D eigenvalue weighted by Gasteiger charge is -2.34. The van der Waals surface area contributed by atoms with Crippen LogP contribution in [0.1, 0.15) is 16.7 Å². The molecule has 2 aliphatic heterocycles. The normalized spacial score (nSPS) is 18.5. The molecule has 0 saturated carbocycles. The Bertz CT molecular complexity index is 974. The van der Waals surface area contributed by atoms with Crippen LogP contribution in [0.5, 0.6) is 0 Å². The molecule has 2 aromatic rings. The van der Waals surface area contributed by atoms with Crippen molar-refractivity contribution in [1.82, 2.24) is 19.8 Å². The Hall–Kier alpha value is -1.48. The molecule has 31 heavy (non-hydrogen) atoms. The fourth-order valence-electron chi connectivity index (χ4n) is 4.26. The second-order valence-corrected chi connectivity index (χ2v) is 10.5. The zero-order valence-electron chi connectivity index (χ0n) is 17.8. The minimum Gasteiger partial charge on any atom is -0.316 e. The fourth-order valence-corrected chi connectivity index (χ4v) is 5.45. The predicted molar refractivity (Wildman–Crippen MR) is 125 cm³/mol. The van der Waals surface area contributed by atoms with Gasteiger partial charge >= 0.3 is 0 Å². The summed E-state index contributed by atoms with van der Waals surface area (Å²) >= 11 is 5.96. The molecule has 0 spiro atoms. The number of benzene rings is 2. The van der Waals surface area contributed by atoms with Gasteiger partial charge in [-0.2, -0.15) is 0 Å². The second kappa shape index (κ2) is 10.4. The summed E-state index contributed by atoms with van der Waals surface area (Å²) in [4.78, 5) is 5.12. The van der Waals surface area contributed by atoms with Crippen molar-refractivity contribution >= 4 is 21.6 Å². The fraction of sp³-hybridized carbons (Fsp3) is 0.478. The first kappa shape index (κ1) is 22.7. The number of piperazine rings is 1. The van der Waals surface area contributed by atoms with E-state index in [1.54, 1.807) is 6.07 Å². The van der Waals surface area contributed by atoms with Crippen LogP contribution in [-0.4, -0.2) is 70.6 Å². The highest BCUT2D eigenvalue weighted by Crippen LogP contribution is 2.19. The van der Waals surface area contributed by atoms with E-state index in [4.69, 9.17) is 11.6 Å². The average molecular weight is 463 g/mol. The number of sulfonamides is 1. The first-order valence-electron chi connectivity index (χ1n) is 11.0. The van der Waals surface area contributed by atoms with Crippen molar-refractivity contribution in [1.29, 1.82) is 0 Å². The van der Waals surface area contributed by atoms with Crippen LogP contribution >= 0.6 is 11.6 Å². The van der Waals surface area contributed by atoms with E-state index in [1.165, 1.54) is 11.1 Å². The molecule has 0 atom stereocenters. The first-order chi connectivity index (χ1) is 15.0. The van der Waals surface area contributed by atoms with Gasteiger partial charge in [-0.15, -0.1) is 0 Å². The van der Waals surface area contributed by atoms with Gasteiger partial charge in [-0.1, -0.05) is 29.8 Å². The molecule has 0 bridgehead atoms. The monoisotopic (exact) mass is 462 g/mol. The summed E-state index contributed by atoms with van der Waals surface area (Å²) in [6, 6.07) is 13.6. The summed E-state index contributed by atoms with van der Waals surface area (Å²) in [5, 5.41) is 4.13. The Balaban J connectivity index is 1.23. The van der Waals surface area contributed by atoms with Gasteiger partial charge in [0.25, 0.3) is 0 Å². The zero-order chi connectivity index (χ0) is 21.7. The Morgan fingerprint density at radius 3 is 2.32 bits per heavy atom. The lowest BCUT2D eigenvalue weighted by Crippen LogP contribution is -2.48. The summed E-state index contributed by atoms with van der Waals surface area (Å²) in [6.45, 7) is 7.77. The third-order valence-electron chi connectivity index (χ3n) is 6.13. The second-order valence-electron chi connectivity index (χ2n) is 8.32. The Kier molecular flexibility index (Phi) is 7.63. The number of nitrogens with zero attached hydrogens (tertiary/aromatic N) is 2. The number of halogens is 1. The molecular formula is C23H31ClN4O2S. The van der Waals surface area contributed by atoms with Crippen LogP contribution in [-0.2, 0) is 29.4 Å². The van der Waals surface area contributed by atoms with Gasteiger partial charge in [-0.05, 0) is 66.9 Å². The maximum Gasteiger partial charge on any atom is 0.240 e. The summed E-state index contributed by atoms with van der Waals surface area (Å²) in [5.74, 6) is 0. The van der Waals surface area contributed by atoms with E-state index in [0.29, 0.717) is 11.4 Å². The topological polar surface area (TPSA) is 64.7 Å². The molecule has 168 valence electrons. The summed E-state index contributed by atoms with van der Waals surface area (Å²) in [6.07, 6.45) is 1.83. The van der Waals surface area contributed by atoms with Crippen LogP contribution in [0.2, 0.25) is 5.02 Å². The van der Waals surface area contributed by atoms with Crippen LogP contribution in [0.3, 0.4) is 0 Å². The van der Waals surface area contributed by atoms with E-state index in [9.17, 15) is 8.42 Å². The van der Waals surface area contributed by atoms with E-state index in [2.05, 4.69) is 32.0 Å². The SMILES string of the molecule is O=S(=O)(NCCN1CCN(Cc2ccc(Cl)cc2)CC1)c1ccc2c(c1)CCNCC2. The lowest BCUT2D eigenvalue weighted by molar-refractivity contribution is 0.129. The summed E-state index contributed by atoms with van der Waals surface area (Å²) in [5.41, 5.74) is 3.66. The zero-order valence-corrected chi connectivity index (χ0v) is 19.4. The van der Waals surface area contributed by atoms with Gasteiger partial charge in [0.05, 0.1) is 4.90 Å². The molecule has 2 N–H and O–H groups in total. The van der Waals surface area contributed by atoms with Crippen molar-refractivity contribution in [2.75, 3.05) is 52.4 Å². The van der Waals surface area contributed by atoms with Crippen LogP contribution in [0.4, 0.5) is 0 Å². The molecule has 6 nitrogen and oxygen atoms in total. The third kappa shape index (κ3) is 6.28. The minimum absolute atomic E-state index is 0.376. The number of fused-ring (bicyclic) bond motifs is 1. The molecule has 4 rings (SSSR count). The molecule has 1 fully saturated rings. The van der Waals surface area contributed by atoms with Crippen LogP contribution in [0.15, 0.2) is 47.4 Å². The highest BCUT2D eigenvalue weighted by molar-refractivity contribution is 7.89. The lowest BCUT2D eigenvalue weighted by atomic mass is 10.0. The molecule has 0 unspecified atom stereocenters. The van der Waals surface area contributed by atoms with Crippen molar-refractivity contribution in [3.05, 3.63) is 64.2 Å². The highest BCUT2D eigenvalue weighted by atomic mass is 35.5. The molecule has 2 heterocycles. The summed E-state index contributed by atoms with van der Waals surface area (Å²) in [7, 11) is -3.48. The number of hydrogen-bond acceptors (Lipinski definition) is 5. The van der Waals surface area contributed by atoms with Gasteiger partial charge in [0.15, 0.2) is 0 Å². The van der Waals surface area contributed by atoms with Gasteiger partial charge in [0.2, 0.25) is 10.0 Å². The van der Waals surface area contributed by atoms with Crippen molar-refractivity contribution in [2.24, 2.45) is 0 Å². The molecule has 0 radical (unpaired) electrons. The summed E-state index contributed by atoms with van der Waals surface area (Å²) < 4.78 is 28.3. The highest BCUT2D eigenvalue weighted by Gasteiger charge is 2.19. The van der Waals surface area contributed by atoms with Crippen LogP contribution in [0, 0.1) is 0 Å². The van der Waals surface area contributed by atoms with Gasteiger partial charge in [-0.25, -0.2) is 13.1 Å². The molecule has 0 aliphatic carbocycles. The number of hydrogen-bond donors (Lipinski definition) is 2. The Morgan fingerprint density at radius 1 is 0.903 bits per heavy atom. The van der Waals surface area contributed by atoms with Crippen LogP contribution in [0.25, 0.3) is 0 Å². The number of nitrogens with one attached hydrogen (secondary N) is 2. The molecule has 8 heteroatoms. The Morgan fingerprint density at radius 2 is 1.58 bits per heavy atom. The smallest absolute Gasteiger partial charge is 0.240 e. The maximum absolute atomic E-state index is 12.8.